The molecule has 2 heterocycles. The Balaban J connectivity index is 1.45. The van der Waals surface area contributed by atoms with E-state index in [1.165, 1.54) is 0 Å². The van der Waals surface area contributed by atoms with Gasteiger partial charge in [-0.15, -0.1) is 0 Å². The summed E-state index contributed by atoms with van der Waals surface area (Å²) in [6.45, 7) is 0. The molecule has 0 aliphatic carbocycles. The third-order valence-electron chi connectivity index (χ3n) is 7.96. The molecule has 0 aliphatic rings. The normalized spacial score (nSPS) is 11.3. The lowest BCUT2D eigenvalue weighted by molar-refractivity contribution is 0.668. The molecule has 8 aromatic rings. The van der Waals surface area contributed by atoms with Gasteiger partial charge in [0, 0.05) is 32.7 Å². The van der Waals surface area contributed by atoms with Crippen molar-refractivity contribution < 1.29 is 8.83 Å². The highest BCUT2D eigenvalue weighted by atomic mass is 16.3. The second-order valence-electron chi connectivity index (χ2n) is 10.3. The molecule has 4 heteroatoms. The number of para-hydroxylation sites is 2. The Kier molecular flexibility index (Phi) is 5.22. The van der Waals surface area contributed by atoms with Crippen molar-refractivity contribution in [1.29, 1.82) is 10.5 Å². The van der Waals surface area contributed by atoms with E-state index in [1.807, 2.05) is 78.9 Å². The fourth-order valence-corrected chi connectivity index (χ4v) is 6.04. The molecule has 4 nitrogen and oxygen atoms in total. The molecule has 194 valence electrons. The van der Waals surface area contributed by atoms with Crippen molar-refractivity contribution in [3.63, 3.8) is 0 Å². The lowest BCUT2D eigenvalue weighted by Crippen LogP contribution is -1.93. The number of fused-ring (bicyclic) bond motifs is 6. The molecule has 42 heavy (non-hydrogen) atoms. The molecule has 0 unspecified atom stereocenters. The molecule has 0 atom stereocenters. The first-order valence-electron chi connectivity index (χ1n) is 13.6. The molecular weight excluding hydrogens is 516 g/mol. The Labute approximate surface area is 240 Å². The zero-order chi connectivity index (χ0) is 28.2. The van der Waals surface area contributed by atoms with Crippen molar-refractivity contribution in [2.45, 2.75) is 0 Å². The Morgan fingerprint density at radius 2 is 1.07 bits per heavy atom. The van der Waals surface area contributed by atoms with Crippen LogP contribution in [0.15, 0.2) is 130 Å². The number of furan rings is 2. The SMILES string of the molecule is N#Cc1cccc(-c2cc(-c3cccc4oc5ccccc5c34)cc(-c3ccc4c(c3)oc3ccccc34)c2C#N)c1. The summed E-state index contributed by atoms with van der Waals surface area (Å²) in [5.41, 5.74) is 9.48. The van der Waals surface area contributed by atoms with Crippen LogP contribution in [0.5, 0.6) is 0 Å². The van der Waals surface area contributed by atoms with Crippen LogP contribution in [0.1, 0.15) is 11.1 Å². The fourth-order valence-electron chi connectivity index (χ4n) is 6.04. The molecule has 0 saturated heterocycles. The predicted molar refractivity (Wildman–Crippen MR) is 167 cm³/mol. The van der Waals surface area contributed by atoms with Crippen molar-refractivity contribution in [3.8, 4) is 45.5 Å². The van der Waals surface area contributed by atoms with Crippen LogP contribution in [0.2, 0.25) is 0 Å². The minimum atomic E-state index is 0.536. The van der Waals surface area contributed by atoms with E-state index in [0.29, 0.717) is 11.1 Å². The number of hydrogen-bond acceptors (Lipinski definition) is 4. The van der Waals surface area contributed by atoms with Crippen LogP contribution in [-0.2, 0) is 0 Å². The summed E-state index contributed by atoms with van der Waals surface area (Å²) in [7, 11) is 0. The Bertz CT molecular complexity index is 2450. The maximum absolute atomic E-state index is 10.6. The van der Waals surface area contributed by atoms with E-state index in [9.17, 15) is 10.5 Å². The van der Waals surface area contributed by atoms with E-state index in [4.69, 9.17) is 8.83 Å². The van der Waals surface area contributed by atoms with Crippen molar-refractivity contribution in [2.24, 2.45) is 0 Å². The van der Waals surface area contributed by atoms with Crippen LogP contribution in [0.25, 0.3) is 77.3 Å². The van der Waals surface area contributed by atoms with Crippen molar-refractivity contribution >= 4 is 43.9 Å². The van der Waals surface area contributed by atoms with Gasteiger partial charge < -0.3 is 8.83 Å². The minimum absolute atomic E-state index is 0.536. The van der Waals surface area contributed by atoms with Gasteiger partial charge in [0.05, 0.1) is 17.2 Å². The van der Waals surface area contributed by atoms with Gasteiger partial charge >= 0.3 is 0 Å². The van der Waals surface area contributed by atoms with Gasteiger partial charge in [-0.1, -0.05) is 66.7 Å². The van der Waals surface area contributed by atoms with Gasteiger partial charge in [0.25, 0.3) is 0 Å². The van der Waals surface area contributed by atoms with E-state index in [2.05, 4.69) is 48.5 Å². The Morgan fingerprint density at radius 1 is 0.429 bits per heavy atom. The predicted octanol–water partition coefficient (Wildman–Crippen LogP) is 10.2. The molecule has 0 saturated carbocycles. The number of hydrogen-bond donors (Lipinski definition) is 0. The van der Waals surface area contributed by atoms with E-state index in [1.54, 1.807) is 6.07 Å². The molecular formula is C38H20N2O2. The fraction of sp³-hybridized carbons (Fsp3) is 0. The standard InChI is InChI=1S/C38H20N2O2/c39-21-23-7-5-8-24(17-23)31-18-26(27-11-6-14-36-38(27)30-10-2-4-13-35(30)41-36)19-32(33(31)22-40)25-15-16-29-28-9-1-3-12-34(28)42-37(29)20-25/h1-20H. The quantitative estimate of drug-likeness (QED) is 0.225. The van der Waals surface area contributed by atoms with Gasteiger partial charge in [0.15, 0.2) is 0 Å². The number of rotatable bonds is 3. The molecule has 6 aromatic carbocycles. The summed E-state index contributed by atoms with van der Waals surface area (Å²) < 4.78 is 12.4. The molecule has 0 fully saturated rings. The Morgan fingerprint density at radius 3 is 1.86 bits per heavy atom. The molecule has 0 bridgehead atoms. The van der Waals surface area contributed by atoms with Crippen molar-refractivity contribution in [3.05, 3.63) is 132 Å². The smallest absolute Gasteiger partial charge is 0.136 e. The van der Waals surface area contributed by atoms with Gasteiger partial charge in [-0.25, -0.2) is 0 Å². The Hall–Kier alpha value is -6.10. The van der Waals surface area contributed by atoms with Crippen LogP contribution < -0.4 is 0 Å². The topological polar surface area (TPSA) is 73.9 Å². The first-order chi connectivity index (χ1) is 20.7. The average Bonchev–Trinajstić information content (AvgIpc) is 3.62. The largest absolute Gasteiger partial charge is 0.456 e. The van der Waals surface area contributed by atoms with Gasteiger partial charge in [0.2, 0.25) is 0 Å². The number of nitriles is 2. The number of benzene rings is 6. The summed E-state index contributed by atoms with van der Waals surface area (Å²) in [6.07, 6.45) is 0. The van der Waals surface area contributed by atoms with Gasteiger partial charge in [-0.2, -0.15) is 10.5 Å². The highest BCUT2D eigenvalue weighted by Gasteiger charge is 2.19. The van der Waals surface area contributed by atoms with Crippen LogP contribution in [0, 0.1) is 22.7 Å². The summed E-state index contributed by atoms with van der Waals surface area (Å²) in [6, 6.07) is 44.5. The molecule has 0 spiro atoms. The maximum atomic E-state index is 10.6. The monoisotopic (exact) mass is 536 g/mol. The molecule has 8 rings (SSSR count). The highest BCUT2D eigenvalue weighted by Crippen LogP contribution is 2.42. The first-order valence-corrected chi connectivity index (χ1v) is 13.6. The molecule has 0 N–H and O–H groups in total. The molecule has 0 amide bonds. The summed E-state index contributed by atoms with van der Waals surface area (Å²) in [5, 5.41) is 24.3. The van der Waals surface area contributed by atoms with Gasteiger partial charge in [0.1, 0.15) is 28.4 Å². The second kappa shape index (κ2) is 9.24. The van der Waals surface area contributed by atoms with Gasteiger partial charge in [-0.05, 0) is 76.9 Å². The average molecular weight is 537 g/mol. The van der Waals surface area contributed by atoms with Crippen molar-refractivity contribution in [1.82, 2.24) is 0 Å². The zero-order valence-electron chi connectivity index (χ0n) is 22.3. The van der Waals surface area contributed by atoms with E-state index < -0.39 is 0 Å². The van der Waals surface area contributed by atoms with Crippen molar-refractivity contribution in [2.75, 3.05) is 0 Å². The van der Waals surface area contributed by atoms with E-state index in [-0.39, 0.29) is 0 Å². The van der Waals surface area contributed by atoms with Crippen LogP contribution in [0.4, 0.5) is 0 Å². The zero-order valence-corrected chi connectivity index (χ0v) is 22.3. The van der Waals surface area contributed by atoms with Crippen LogP contribution in [-0.4, -0.2) is 0 Å². The van der Waals surface area contributed by atoms with Gasteiger partial charge in [-0.3, -0.25) is 0 Å². The lowest BCUT2D eigenvalue weighted by atomic mass is 9.87. The highest BCUT2D eigenvalue weighted by molar-refractivity contribution is 6.13. The van der Waals surface area contributed by atoms with Crippen LogP contribution >= 0.6 is 0 Å². The maximum Gasteiger partial charge on any atom is 0.136 e. The molecule has 0 radical (unpaired) electrons. The van der Waals surface area contributed by atoms with Crippen LogP contribution in [0.3, 0.4) is 0 Å². The van der Waals surface area contributed by atoms with E-state index >= 15 is 0 Å². The molecule has 2 aromatic heterocycles. The summed E-state index contributed by atoms with van der Waals surface area (Å²) in [4.78, 5) is 0. The minimum Gasteiger partial charge on any atom is -0.456 e. The second-order valence-corrected chi connectivity index (χ2v) is 10.3. The third kappa shape index (κ3) is 3.60. The summed E-state index contributed by atoms with van der Waals surface area (Å²) in [5.74, 6) is 0. The third-order valence-corrected chi connectivity index (χ3v) is 7.96. The van der Waals surface area contributed by atoms with E-state index in [0.717, 1.165) is 77.3 Å². The number of nitrogens with zero attached hydrogens (tertiary/aromatic N) is 2. The summed E-state index contributed by atoms with van der Waals surface area (Å²) >= 11 is 0. The first kappa shape index (κ1) is 23.8. The molecule has 0 aliphatic heterocycles. The lowest BCUT2D eigenvalue weighted by Gasteiger charge is -2.15.